The van der Waals surface area contributed by atoms with Gasteiger partial charge in [0.1, 0.15) is 17.9 Å². The molecule has 2 amide bonds. The lowest BCUT2D eigenvalue weighted by Crippen LogP contribution is -2.51. The van der Waals surface area contributed by atoms with Crippen LogP contribution in [0.2, 0.25) is 5.02 Å². The van der Waals surface area contributed by atoms with Gasteiger partial charge in [0.2, 0.25) is 11.8 Å². The lowest BCUT2D eigenvalue weighted by molar-refractivity contribution is -0.139. The molecule has 4 rings (SSSR count). The van der Waals surface area contributed by atoms with Gasteiger partial charge in [-0.05, 0) is 49.6 Å². The highest BCUT2D eigenvalue weighted by atomic mass is 35.5. The van der Waals surface area contributed by atoms with E-state index < -0.39 is 6.04 Å². The Kier molecular flexibility index (Phi) is 7.73. The smallest absolute Gasteiger partial charge is 0.247 e. The van der Waals surface area contributed by atoms with E-state index in [0.717, 1.165) is 38.8 Å². The Balaban J connectivity index is 1.33. The summed E-state index contributed by atoms with van der Waals surface area (Å²) in [5.74, 6) is 0.204. The number of halogens is 1. The molecule has 0 aromatic heterocycles. The lowest BCUT2D eigenvalue weighted by Gasteiger charge is -2.34. The second kappa shape index (κ2) is 10.9. The number of ether oxygens (including phenoxy) is 1. The summed E-state index contributed by atoms with van der Waals surface area (Å²) >= 11 is 6.48. The highest BCUT2D eigenvalue weighted by molar-refractivity contribution is 6.32. The normalized spacial score (nSPS) is 19.3. The van der Waals surface area contributed by atoms with E-state index >= 15 is 0 Å². The molecule has 3 N–H and O–H groups in total. The van der Waals surface area contributed by atoms with E-state index in [1.807, 2.05) is 6.07 Å². The van der Waals surface area contributed by atoms with Crippen LogP contribution in [0.1, 0.15) is 32.1 Å². The molecule has 8 heteroatoms. The number of para-hydroxylation sites is 1. The van der Waals surface area contributed by atoms with Gasteiger partial charge < -0.3 is 25.6 Å². The summed E-state index contributed by atoms with van der Waals surface area (Å²) in [7, 11) is 0. The second-order valence-electron chi connectivity index (χ2n) is 8.58. The molecular formula is C25H31ClN4O3. The minimum absolute atomic E-state index is 0.0913. The van der Waals surface area contributed by atoms with Crippen molar-refractivity contribution in [1.29, 1.82) is 0 Å². The summed E-state index contributed by atoms with van der Waals surface area (Å²) < 4.78 is 6.17. The average Bonchev–Trinajstić information content (AvgIpc) is 2.86. The van der Waals surface area contributed by atoms with E-state index in [0.29, 0.717) is 29.4 Å². The maximum atomic E-state index is 12.8. The highest BCUT2D eigenvalue weighted by Gasteiger charge is 2.31. The predicted molar refractivity (Wildman–Crippen MR) is 131 cm³/mol. The Labute approximate surface area is 199 Å². The van der Waals surface area contributed by atoms with Gasteiger partial charge in [0.15, 0.2) is 0 Å². The molecule has 2 saturated heterocycles. The fraction of sp³-hybridized carbons (Fsp3) is 0.440. The molecule has 0 spiro atoms. The number of piperidine rings is 2. The van der Waals surface area contributed by atoms with E-state index in [2.05, 4.69) is 34.5 Å². The molecule has 2 aliphatic rings. The van der Waals surface area contributed by atoms with Crippen molar-refractivity contribution < 1.29 is 14.3 Å². The number of amides is 2. The van der Waals surface area contributed by atoms with Crippen molar-refractivity contribution in [3.05, 3.63) is 53.6 Å². The number of benzene rings is 2. The van der Waals surface area contributed by atoms with E-state index in [4.69, 9.17) is 22.1 Å². The first-order valence-electron chi connectivity index (χ1n) is 11.6. The molecule has 2 aliphatic heterocycles. The fourth-order valence-electron chi connectivity index (χ4n) is 4.57. The van der Waals surface area contributed by atoms with Crippen LogP contribution in [0, 0.1) is 0 Å². The Morgan fingerprint density at radius 3 is 2.48 bits per heavy atom. The summed E-state index contributed by atoms with van der Waals surface area (Å²) in [6, 6.07) is 15.2. The van der Waals surface area contributed by atoms with Crippen molar-refractivity contribution >= 4 is 34.8 Å². The number of nitrogens with two attached hydrogens (primary N) is 1. The molecule has 7 nitrogen and oxygen atoms in total. The molecular weight excluding hydrogens is 440 g/mol. The molecule has 1 unspecified atom stereocenters. The third-order valence-electron chi connectivity index (χ3n) is 6.36. The van der Waals surface area contributed by atoms with Gasteiger partial charge in [0.25, 0.3) is 0 Å². The number of likely N-dealkylation sites (tertiary alicyclic amines) is 1. The molecule has 2 fully saturated rings. The van der Waals surface area contributed by atoms with Crippen molar-refractivity contribution in [3.8, 4) is 5.75 Å². The van der Waals surface area contributed by atoms with Gasteiger partial charge in [0, 0.05) is 43.9 Å². The molecule has 2 heterocycles. The van der Waals surface area contributed by atoms with Gasteiger partial charge in [-0.2, -0.15) is 0 Å². The Hall–Kier alpha value is -2.77. The summed E-state index contributed by atoms with van der Waals surface area (Å²) in [6.07, 6.45) is 4.35. The third-order valence-corrected chi connectivity index (χ3v) is 6.65. The van der Waals surface area contributed by atoms with E-state index in [1.165, 1.54) is 5.69 Å². The monoisotopic (exact) mass is 470 g/mol. The van der Waals surface area contributed by atoms with Crippen molar-refractivity contribution in [1.82, 2.24) is 4.90 Å². The maximum Gasteiger partial charge on any atom is 0.247 e. The minimum Gasteiger partial charge on any atom is -0.489 e. The van der Waals surface area contributed by atoms with Crippen LogP contribution in [0.15, 0.2) is 48.5 Å². The Morgan fingerprint density at radius 1 is 1.03 bits per heavy atom. The van der Waals surface area contributed by atoms with E-state index in [1.54, 1.807) is 23.1 Å². The summed E-state index contributed by atoms with van der Waals surface area (Å²) in [4.78, 5) is 28.9. The standard InChI is InChI=1S/C25H31ClN4O3/c26-21-16-18(28-25(32)22-8-4-5-13-30(22)24(31)17-27)9-10-23(21)33-20-11-14-29(15-12-20)19-6-2-1-3-7-19/h1-3,6-7,9-10,16,20,22H,4-5,8,11-15,17,27H2,(H,28,32). The average molecular weight is 471 g/mol. The van der Waals surface area contributed by atoms with Gasteiger partial charge in [-0.25, -0.2) is 0 Å². The molecule has 0 aliphatic carbocycles. The van der Waals surface area contributed by atoms with Crippen molar-refractivity contribution in [2.75, 3.05) is 36.4 Å². The largest absolute Gasteiger partial charge is 0.489 e. The van der Waals surface area contributed by atoms with Crippen LogP contribution in [-0.4, -0.2) is 55.0 Å². The van der Waals surface area contributed by atoms with Crippen LogP contribution in [0.3, 0.4) is 0 Å². The first kappa shape index (κ1) is 23.4. The van der Waals surface area contributed by atoms with E-state index in [9.17, 15) is 9.59 Å². The van der Waals surface area contributed by atoms with Crippen LogP contribution in [0.5, 0.6) is 5.75 Å². The third kappa shape index (κ3) is 5.78. The number of nitrogens with one attached hydrogen (secondary N) is 1. The molecule has 2 aromatic carbocycles. The summed E-state index contributed by atoms with van der Waals surface area (Å²) in [6.45, 7) is 2.33. The minimum atomic E-state index is -0.501. The summed E-state index contributed by atoms with van der Waals surface area (Å²) in [5, 5.41) is 3.35. The summed E-state index contributed by atoms with van der Waals surface area (Å²) in [5.41, 5.74) is 7.33. The van der Waals surface area contributed by atoms with Crippen molar-refractivity contribution in [2.45, 2.75) is 44.2 Å². The zero-order chi connectivity index (χ0) is 23.2. The predicted octanol–water partition coefficient (Wildman–Crippen LogP) is 3.67. The number of carbonyl (C=O) groups is 2. The topological polar surface area (TPSA) is 87.9 Å². The molecule has 1 atom stereocenters. The zero-order valence-corrected chi connectivity index (χ0v) is 19.5. The van der Waals surface area contributed by atoms with Crippen LogP contribution in [0.4, 0.5) is 11.4 Å². The Bertz CT molecular complexity index is 963. The number of hydrogen-bond acceptors (Lipinski definition) is 5. The zero-order valence-electron chi connectivity index (χ0n) is 18.7. The number of anilines is 2. The maximum absolute atomic E-state index is 12.8. The quantitative estimate of drug-likeness (QED) is 0.672. The molecule has 0 radical (unpaired) electrons. The van der Waals surface area contributed by atoms with Gasteiger partial charge in [0.05, 0.1) is 11.6 Å². The van der Waals surface area contributed by atoms with Crippen LogP contribution in [-0.2, 0) is 9.59 Å². The van der Waals surface area contributed by atoms with Crippen LogP contribution >= 0.6 is 11.6 Å². The molecule has 0 saturated carbocycles. The number of rotatable bonds is 6. The SMILES string of the molecule is NCC(=O)N1CCCCC1C(=O)Nc1ccc(OC2CCN(c3ccccc3)CC2)c(Cl)c1. The Morgan fingerprint density at radius 2 is 1.79 bits per heavy atom. The fourth-order valence-corrected chi connectivity index (χ4v) is 4.79. The van der Waals surface area contributed by atoms with Gasteiger partial charge >= 0.3 is 0 Å². The van der Waals surface area contributed by atoms with Gasteiger partial charge in [-0.3, -0.25) is 9.59 Å². The first-order valence-corrected chi connectivity index (χ1v) is 12.0. The molecule has 2 aromatic rings. The molecule has 0 bridgehead atoms. The number of hydrogen-bond donors (Lipinski definition) is 2. The molecule has 33 heavy (non-hydrogen) atoms. The number of carbonyl (C=O) groups excluding carboxylic acids is 2. The first-order chi connectivity index (χ1) is 16.0. The van der Waals surface area contributed by atoms with Gasteiger partial charge in [-0.1, -0.05) is 29.8 Å². The van der Waals surface area contributed by atoms with E-state index in [-0.39, 0.29) is 24.5 Å². The lowest BCUT2D eigenvalue weighted by atomic mass is 10.0. The highest BCUT2D eigenvalue weighted by Crippen LogP contribution is 2.31. The molecule has 176 valence electrons. The van der Waals surface area contributed by atoms with Crippen molar-refractivity contribution in [3.63, 3.8) is 0 Å². The van der Waals surface area contributed by atoms with Crippen LogP contribution in [0.25, 0.3) is 0 Å². The number of nitrogens with zero attached hydrogens (tertiary/aromatic N) is 2. The van der Waals surface area contributed by atoms with Crippen LogP contribution < -0.4 is 20.7 Å². The van der Waals surface area contributed by atoms with Crippen molar-refractivity contribution in [2.24, 2.45) is 5.73 Å². The second-order valence-corrected chi connectivity index (χ2v) is 8.98. The van der Waals surface area contributed by atoms with Gasteiger partial charge in [-0.15, -0.1) is 0 Å².